The zero-order valence-electron chi connectivity index (χ0n) is 5.00. The van der Waals surface area contributed by atoms with Crippen LogP contribution in [-0.2, 0) is 0 Å². The predicted molar refractivity (Wildman–Crippen MR) is 55.7 cm³/mol. The van der Waals surface area contributed by atoms with Crippen LogP contribution in [0.1, 0.15) is 38.5 Å². The zero-order valence-corrected chi connectivity index (χ0v) is 9.31. The Kier molecular flexibility index (Phi) is 10.0. The van der Waals surface area contributed by atoms with Gasteiger partial charge in [-0.25, -0.2) is 0 Å². The van der Waals surface area contributed by atoms with Gasteiger partial charge in [-0.3, -0.25) is 0 Å². The first-order valence-corrected chi connectivity index (χ1v) is 9.43. The molecule has 0 heterocycles. The molecule has 1 aliphatic carbocycles. The first-order valence-electron chi connectivity index (χ1n) is 3.14. The molecule has 1 rings (SSSR count). The first kappa shape index (κ1) is 9.46. The van der Waals surface area contributed by atoms with Gasteiger partial charge in [0.25, 0.3) is 0 Å². The fourth-order valence-electron chi connectivity index (χ4n) is 1.06. The normalized spacial score (nSPS) is 18.8. The quantitative estimate of drug-likeness (QED) is 0.583. The maximum absolute atomic E-state index is 2.12. The average Bonchev–Trinajstić information content (AvgIpc) is 1.96. The van der Waals surface area contributed by atoms with Crippen LogP contribution in [0.2, 0.25) is 0 Å². The van der Waals surface area contributed by atoms with Gasteiger partial charge < -0.3 is 0 Å². The van der Waals surface area contributed by atoms with E-state index in [1.54, 1.807) is 0 Å². The van der Waals surface area contributed by atoms with E-state index in [-0.39, 0.29) is 0 Å². The van der Waals surface area contributed by atoms with E-state index in [1.165, 1.54) is 38.5 Å². The van der Waals surface area contributed by atoms with Gasteiger partial charge in [-0.05, 0) is 0 Å². The Morgan fingerprint density at radius 1 is 0.500 bits per heavy atom. The molecular weight excluding hydrogens is 326 g/mol. The van der Waals surface area contributed by atoms with Gasteiger partial charge in [0.2, 0.25) is 0 Å². The van der Waals surface area contributed by atoms with Crippen LogP contribution in [-0.4, -0.2) is 0 Å². The molecule has 1 fully saturated rings. The highest BCUT2D eigenvalue weighted by molar-refractivity contribution is 15.0. The van der Waals surface area contributed by atoms with Crippen molar-refractivity contribution in [3.63, 3.8) is 0 Å². The summed E-state index contributed by atoms with van der Waals surface area (Å²) in [4.78, 5) is 0. The van der Waals surface area contributed by atoms with Crippen molar-refractivity contribution in [3.05, 3.63) is 0 Å². The van der Waals surface area contributed by atoms with E-state index < -0.39 is 0 Å². The Bertz CT molecular complexity index is 22.0. The second-order valence-corrected chi connectivity index (χ2v) is 2.12. The molecule has 0 radical (unpaired) electrons. The summed E-state index contributed by atoms with van der Waals surface area (Å²) in [5.41, 5.74) is 0. The van der Waals surface area contributed by atoms with Gasteiger partial charge in [0.15, 0.2) is 0 Å². The number of hydrogen-bond donors (Lipinski definition) is 0. The molecule has 0 N–H and O–H groups in total. The van der Waals surface area contributed by atoms with Crippen molar-refractivity contribution >= 4 is 37.2 Å². The minimum absolute atomic E-state index is 1.50. The van der Waals surface area contributed by atoms with Crippen LogP contribution in [0.25, 0.3) is 0 Å². The molecule has 0 nitrogen and oxygen atoms in total. The van der Waals surface area contributed by atoms with Gasteiger partial charge in [0, 0.05) is 37.2 Å². The first-order chi connectivity index (χ1) is 4.00. The third-order valence-electron chi connectivity index (χ3n) is 1.50. The summed E-state index contributed by atoms with van der Waals surface area (Å²) in [5, 5.41) is 0. The highest BCUT2D eigenvalue weighted by Gasteiger charge is 1.95. The molecule has 0 unspecified atom stereocenters. The van der Waals surface area contributed by atoms with Crippen LogP contribution in [0, 0.1) is 0 Å². The predicted octanol–water partition coefficient (Wildman–Crippen LogP) is 4.11. The molecule has 0 aliphatic heterocycles. The summed E-state index contributed by atoms with van der Waals surface area (Å²) in [6.07, 6.45) is 9.00. The van der Waals surface area contributed by atoms with E-state index in [9.17, 15) is 0 Å². The molecule has 0 amide bonds. The van der Waals surface area contributed by atoms with E-state index in [4.69, 9.17) is 0 Å². The lowest BCUT2D eigenvalue weighted by Gasteiger charge is -2.05. The van der Waals surface area contributed by atoms with Gasteiger partial charge in [0.1, 0.15) is 0 Å². The summed E-state index contributed by atoms with van der Waals surface area (Å²) in [6, 6.07) is 0. The summed E-state index contributed by atoms with van der Waals surface area (Å²) in [5.74, 6) is 0. The minimum Gasteiger partial charge on any atom is -0.0533 e. The second kappa shape index (κ2) is 8.46. The van der Waals surface area contributed by atoms with Crippen molar-refractivity contribution in [1.82, 2.24) is 0 Å². The maximum Gasteiger partial charge on any atom is 0 e. The minimum atomic E-state index is 1.50. The third-order valence-corrected chi connectivity index (χ3v) is 1.50. The topological polar surface area (TPSA) is 0 Å². The van der Waals surface area contributed by atoms with E-state index in [2.05, 4.69) is 37.2 Å². The smallest absolute Gasteiger partial charge is 0 e. The van der Waals surface area contributed by atoms with Crippen molar-refractivity contribution in [2.45, 2.75) is 38.5 Å². The summed E-state index contributed by atoms with van der Waals surface area (Å²) >= 11 is 4.24. The van der Waals surface area contributed by atoms with Crippen molar-refractivity contribution < 1.29 is 0 Å². The summed E-state index contributed by atoms with van der Waals surface area (Å²) < 4.78 is 0. The molecule has 0 saturated heterocycles. The van der Waals surface area contributed by atoms with Crippen LogP contribution < -0.4 is 0 Å². The van der Waals surface area contributed by atoms with Crippen molar-refractivity contribution in [3.8, 4) is 0 Å². The molecule has 8 heavy (non-hydrogen) atoms. The summed E-state index contributed by atoms with van der Waals surface area (Å²) in [6.45, 7) is 0. The van der Waals surface area contributed by atoms with Gasteiger partial charge in [-0.1, -0.05) is 38.5 Å². The largest absolute Gasteiger partial charge is 0.0533 e. The lowest BCUT2D eigenvalue weighted by Crippen LogP contribution is -1.85. The molecule has 2 heteroatoms. The SMILES string of the molecule is C1CCCCC1.II. The Labute approximate surface area is 75.1 Å². The van der Waals surface area contributed by atoms with Gasteiger partial charge in [-0.2, -0.15) is 0 Å². The molecule has 1 aliphatic rings. The molecule has 0 aromatic carbocycles. The van der Waals surface area contributed by atoms with E-state index in [0.29, 0.717) is 0 Å². The highest BCUT2D eigenvalue weighted by Crippen LogP contribution is 2.15. The number of rotatable bonds is 0. The van der Waals surface area contributed by atoms with E-state index in [1.807, 2.05) is 0 Å². The van der Waals surface area contributed by atoms with Crippen LogP contribution in [0.15, 0.2) is 0 Å². The molecule has 50 valence electrons. The van der Waals surface area contributed by atoms with Crippen LogP contribution in [0.3, 0.4) is 0 Å². The molecule has 0 bridgehead atoms. The van der Waals surface area contributed by atoms with E-state index >= 15 is 0 Å². The van der Waals surface area contributed by atoms with Gasteiger partial charge >= 0.3 is 0 Å². The van der Waals surface area contributed by atoms with Gasteiger partial charge in [-0.15, -0.1) is 0 Å². The van der Waals surface area contributed by atoms with Crippen molar-refractivity contribution in [1.29, 1.82) is 0 Å². The average molecular weight is 338 g/mol. The lowest BCUT2D eigenvalue weighted by atomic mass is 10.0. The third kappa shape index (κ3) is 5.59. The number of hydrogen-bond acceptors (Lipinski definition) is 0. The van der Waals surface area contributed by atoms with Crippen LogP contribution >= 0.6 is 37.2 Å². The molecular formula is C6H12I2. The lowest BCUT2D eigenvalue weighted by molar-refractivity contribution is 0.504. The second-order valence-electron chi connectivity index (χ2n) is 2.12. The van der Waals surface area contributed by atoms with Crippen LogP contribution in [0.4, 0.5) is 0 Å². The standard InChI is InChI=1S/C6H12.I2/c1-2-4-6-5-3-1;1-2/h1-6H2;. The summed E-state index contributed by atoms with van der Waals surface area (Å²) in [7, 11) is 0. The highest BCUT2D eigenvalue weighted by atomic mass is 128. The fourth-order valence-corrected chi connectivity index (χ4v) is 1.06. The van der Waals surface area contributed by atoms with Crippen LogP contribution in [0.5, 0.6) is 0 Å². The fraction of sp³-hybridized carbons (Fsp3) is 1.00. The molecule has 0 aromatic heterocycles. The molecule has 0 atom stereocenters. The monoisotopic (exact) mass is 338 g/mol. The van der Waals surface area contributed by atoms with Gasteiger partial charge in [0.05, 0.1) is 0 Å². The number of halogens is 2. The Hall–Kier alpha value is 1.46. The van der Waals surface area contributed by atoms with Crippen molar-refractivity contribution in [2.75, 3.05) is 0 Å². The Morgan fingerprint density at radius 2 is 0.625 bits per heavy atom. The molecule has 0 spiro atoms. The zero-order chi connectivity index (χ0) is 6.24. The Morgan fingerprint density at radius 3 is 0.750 bits per heavy atom. The van der Waals surface area contributed by atoms with Crippen molar-refractivity contribution in [2.24, 2.45) is 0 Å². The maximum atomic E-state index is 2.12. The molecule has 0 aromatic rings. The van der Waals surface area contributed by atoms with E-state index in [0.717, 1.165) is 0 Å². The molecule has 1 saturated carbocycles. The Balaban J connectivity index is 0.000000222.